The summed E-state index contributed by atoms with van der Waals surface area (Å²) in [7, 11) is 0. The van der Waals surface area contributed by atoms with E-state index in [-0.39, 0.29) is 5.41 Å². The zero-order valence-corrected chi connectivity index (χ0v) is 24.3. The molecule has 0 aliphatic heterocycles. The van der Waals surface area contributed by atoms with Crippen LogP contribution in [0.5, 0.6) is 0 Å². The van der Waals surface area contributed by atoms with Gasteiger partial charge in [0.2, 0.25) is 0 Å². The predicted molar refractivity (Wildman–Crippen MR) is 144 cm³/mol. The molecule has 5 saturated carbocycles. The van der Waals surface area contributed by atoms with E-state index in [0.29, 0.717) is 28.3 Å². The highest BCUT2D eigenvalue weighted by Gasteiger charge is 2.69. The Kier molecular flexibility index (Phi) is 7.88. The van der Waals surface area contributed by atoms with Crippen LogP contribution >= 0.6 is 0 Å². The van der Waals surface area contributed by atoms with Crippen LogP contribution in [0.1, 0.15) is 140 Å². The molecule has 9 atom stereocenters. The fourth-order valence-corrected chi connectivity index (χ4v) is 11.2. The Bertz CT molecular complexity index is 667. The van der Waals surface area contributed by atoms with Crippen LogP contribution in [0, 0.1) is 56.7 Å². The molecule has 0 amide bonds. The molecule has 5 rings (SSSR count). The molecule has 0 spiro atoms. The molecule has 5 aliphatic rings. The minimum atomic E-state index is 0.288. The smallest absolute Gasteiger partial charge is 0.0490 e. The van der Waals surface area contributed by atoms with Crippen LogP contribution < -0.4 is 0 Å². The van der Waals surface area contributed by atoms with Crippen LogP contribution in [0.4, 0.5) is 0 Å². The maximum absolute atomic E-state index is 10.4. The SMILES string of the molecule is CC.CC.C[C@@H]1CC[C@@]2(C)C(CC[C@]3(C)C2CCC2C4CCC[C@]4(CO)CC[C@]23C)C1(C)C. The summed E-state index contributed by atoms with van der Waals surface area (Å²) in [6.07, 6.45) is 15.5. The maximum Gasteiger partial charge on any atom is 0.0490 e. The van der Waals surface area contributed by atoms with Crippen LogP contribution in [0.3, 0.4) is 0 Å². The summed E-state index contributed by atoms with van der Waals surface area (Å²) < 4.78 is 0. The van der Waals surface area contributed by atoms with Crippen molar-refractivity contribution < 1.29 is 5.11 Å². The Morgan fingerprint density at radius 2 is 1.30 bits per heavy atom. The molecule has 0 aromatic rings. The normalized spacial score (nSPS) is 51.9. The lowest BCUT2D eigenvalue weighted by Crippen LogP contribution is -2.65. The van der Waals surface area contributed by atoms with Crippen molar-refractivity contribution in [3.05, 3.63) is 0 Å². The largest absolute Gasteiger partial charge is 0.396 e. The third-order valence-corrected chi connectivity index (χ3v) is 13.4. The van der Waals surface area contributed by atoms with Gasteiger partial charge in [-0.1, -0.05) is 75.7 Å². The minimum absolute atomic E-state index is 0.288. The van der Waals surface area contributed by atoms with Gasteiger partial charge < -0.3 is 5.11 Å². The van der Waals surface area contributed by atoms with Crippen LogP contribution in [-0.2, 0) is 0 Å². The lowest BCUT2D eigenvalue weighted by Gasteiger charge is -2.73. The third kappa shape index (κ3) is 3.62. The highest BCUT2D eigenvalue weighted by atomic mass is 16.3. The molecule has 0 radical (unpaired) electrons. The van der Waals surface area contributed by atoms with E-state index in [9.17, 15) is 5.11 Å². The molecule has 0 aromatic heterocycles. The average Bonchev–Trinajstić information content (AvgIpc) is 3.24. The molecule has 1 nitrogen and oxygen atoms in total. The number of fused-ring (bicyclic) bond motifs is 7. The minimum Gasteiger partial charge on any atom is -0.396 e. The summed E-state index contributed by atoms with van der Waals surface area (Å²) in [5.41, 5.74) is 2.32. The Morgan fingerprint density at radius 1 is 0.636 bits per heavy atom. The van der Waals surface area contributed by atoms with Crippen LogP contribution in [0.25, 0.3) is 0 Å². The Balaban J connectivity index is 0.000000728. The first-order valence-electron chi connectivity index (χ1n) is 15.2. The molecule has 0 heterocycles. The fourth-order valence-electron chi connectivity index (χ4n) is 11.2. The molecule has 5 fully saturated rings. The summed E-state index contributed by atoms with van der Waals surface area (Å²) in [6, 6.07) is 0. The summed E-state index contributed by atoms with van der Waals surface area (Å²) in [6.45, 7) is 24.4. The van der Waals surface area contributed by atoms with Crippen molar-refractivity contribution in [1.82, 2.24) is 0 Å². The first-order valence-corrected chi connectivity index (χ1v) is 15.2. The number of aliphatic hydroxyl groups excluding tert-OH is 1. The van der Waals surface area contributed by atoms with Crippen LogP contribution in [0.15, 0.2) is 0 Å². The Labute approximate surface area is 208 Å². The van der Waals surface area contributed by atoms with Gasteiger partial charge in [0.05, 0.1) is 0 Å². The summed E-state index contributed by atoms with van der Waals surface area (Å²) >= 11 is 0. The van der Waals surface area contributed by atoms with Gasteiger partial charge in [-0.15, -0.1) is 0 Å². The molecule has 5 aliphatic carbocycles. The van der Waals surface area contributed by atoms with Crippen LogP contribution in [-0.4, -0.2) is 11.7 Å². The highest BCUT2D eigenvalue weighted by Crippen LogP contribution is 2.77. The summed E-state index contributed by atoms with van der Waals surface area (Å²) in [5.74, 6) is 4.35. The quantitative estimate of drug-likeness (QED) is 0.413. The second-order valence-electron chi connectivity index (χ2n) is 13.9. The molecule has 0 aromatic carbocycles. The van der Waals surface area contributed by atoms with E-state index in [1.54, 1.807) is 0 Å². The van der Waals surface area contributed by atoms with E-state index in [1.807, 2.05) is 27.7 Å². The topological polar surface area (TPSA) is 20.2 Å². The standard InChI is InChI=1S/C28H48O.2C2H6/c1-19-11-14-25(4)22(24(19,2)3)12-15-27(6)23(25)10-9-20-21-8-7-13-28(21,18-29)17-16-26(20,27)5;2*1-2/h19-23,29H,7-18H2,1-6H3;2*1-2H3/t19-,20?,21?,22?,23?,25+,26-,27-,28-;;/m1../s1. The van der Waals surface area contributed by atoms with Crippen molar-refractivity contribution in [3.63, 3.8) is 0 Å². The van der Waals surface area contributed by atoms with Crippen molar-refractivity contribution in [1.29, 1.82) is 0 Å². The van der Waals surface area contributed by atoms with E-state index in [0.717, 1.165) is 29.6 Å². The monoisotopic (exact) mass is 460 g/mol. The highest BCUT2D eigenvalue weighted by molar-refractivity contribution is 5.18. The second-order valence-corrected chi connectivity index (χ2v) is 13.9. The van der Waals surface area contributed by atoms with Crippen molar-refractivity contribution in [3.8, 4) is 0 Å². The number of hydrogen-bond donors (Lipinski definition) is 1. The molecule has 194 valence electrons. The van der Waals surface area contributed by atoms with E-state index in [1.165, 1.54) is 70.6 Å². The zero-order valence-electron chi connectivity index (χ0n) is 24.3. The Hall–Kier alpha value is -0.0400. The van der Waals surface area contributed by atoms with Gasteiger partial charge in [0.1, 0.15) is 0 Å². The van der Waals surface area contributed by atoms with E-state index >= 15 is 0 Å². The van der Waals surface area contributed by atoms with Gasteiger partial charge in [-0.2, -0.15) is 0 Å². The third-order valence-electron chi connectivity index (χ3n) is 13.4. The molecule has 1 heteroatoms. The molecule has 33 heavy (non-hydrogen) atoms. The van der Waals surface area contributed by atoms with Gasteiger partial charge in [-0.25, -0.2) is 0 Å². The van der Waals surface area contributed by atoms with Crippen molar-refractivity contribution >= 4 is 0 Å². The van der Waals surface area contributed by atoms with Crippen molar-refractivity contribution in [2.75, 3.05) is 6.61 Å². The van der Waals surface area contributed by atoms with Gasteiger partial charge in [0.15, 0.2) is 0 Å². The van der Waals surface area contributed by atoms with Gasteiger partial charge >= 0.3 is 0 Å². The molecule has 0 bridgehead atoms. The molecular weight excluding hydrogens is 400 g/mol. The van der Waals surface area contributed by atoms with Gasteiger partial charge in [-0.05, 0) is 121 Å². The Morgan fingerprint density at radius 3 is 1.94 bits per heavy atom. The predicted octanol–water partition coefficient (Wildman–Crippen LogP) is 9.52. The van der Waals surface area contributed by atoms with E-state index < -0.39 is 0 Å². The lowest BCUT2D eigenvalue weighted by molar-refractivity contribution is -0.241. The molecule has 4 unspecified atom stereocenters. The second kappa shape index (κ2) is 9.44. The number of rotatable bonds is 1. The van der Waals surface area contributed by atoms with Crippen molar-refractivity contribution in [2.45, 2.75) is 140 Å². The number of aliphatic hydroxyl groups is 1. The van der Waals surface area contributed by atoms with Crippen molar-refractivity contribution in [2.24, 2.45) is 56.7 Å². The first-order chi connectivity index (χ1) is 15.6. The van der Waals surface area contributed by atoms with Gasteiger partial charge in [0, 0.05) is 6.61 Å². The summed E-state index contributed by atoms with van der Waals surface area (Å²) in [5, 5.41) is 10.4. The first kappa shape index (κ1) is 27.5. The molecule has 0 saturated heterocycles. The number of hydrogen-bond acceptors (Lipinski definition) is 1. The molecule has 1 N–H and O–H groups in total. The summed E-state index contributed by atoms with van der Waals surface area (Å²) in [4.78, 5) is 0. The zero-order chi connectivity index (χ0) is 24.9. The van der Waals surface area contributed by atoms with Crippen LogP contribution in [0.2, 0.25) is 0 Å². The van der Waals surface area contributed by atoms with Gasteiger partial charge in [0.25, 0.3) is 0 Å². The lowest BCUT2D eigenvalue weighted by atomic mass is 9.32. The van der Waals surface area contributed by atoms with E-state index in [2.05, 4.69) is 41.5 Å². The average molecular weight is 461 g/mol. The molecular formula is C32H60O. The fraction of sp³-hybridized carbons (Fsp3) is 1.00. The maximum atomic E-state index is 10.4. The van der Waals surface area contributed by atoms with E-state index in [4.69, 9.17) is 0 Å². The van der Waals surface area contributed by atoms with Gasteiger partial charge in [-0.3, -0.25) is 0 Å².